The number of carbonyl (C=O) groups excluding carboxylic acids is 1. The maximum Gasteiger partial charge on any atom is 0.257 e. The Morgan fingerprint density at radius 3 is 2.84 bits per heavy atom. The maximum atomic E-state index is 12.9. The number of H-pyrrole nitrogens is 1. The van der Waals surface area contributed by atoms with Gasteiger partial charge in [0.05, 0.1) is 22.0 Å². The highest BCUT2D eigenvalue weighted by molar-refractivity contribution is 8.00. The van der Waals surface area contributed by atoms with Crippen LogP contribution in [0.2, 0.25) is 5.02 Å². The smallest absolute Gasteiger partial charge is 0.257 e. The predicted octanol–water partition coefficient (Wildman–Crippen LogP) is 6.00. The first kappa shape index (κ1) is 22.2. The van der Waals surface area contributed by atoms with Crippen LogP contribution in [-0.4, -0.2) is 35.2 Å². The number of nitrogens with zero attached hydrogens (tertiary/aromatic N) is 2. The Bertz CT molecular complexity index is 1120. The van der Waals surface area contributed by atoms with Crippen molar-refractivity contribution in [3.63, 3.8) is 0 Å². The molecule has 8 heteroatoms. The average Bonchev–Trinajstić information content (AvgIpc) is 3.19. The quantitative estimate of drug-likeness (QED) is 0.237. The molecule has 0 radical (unpaired) electrons. The van der Waals surface area contributed by atoms with Gasteiger partial charge in [0.1, 0.15) is 6.34 Å². The Morgan fingerprint density at radius 1 is 1.16 bits per heavy atom. The first-order valence-electron chi connectivity index (χ1n) is 10.5. The standard InChI is InChI=1S/C24H24ClN5OS/c25-21-15-19(30-12-2-1-3-13-32-30)9-10-20(21)24(31)29-18-7-4-6-17(14-18)23(28-16-26)22-8-5-11-27-22/h4-11,14-16,26-27H,1-3,12-13H2,(H,29,31). The molecular weight excluding hydrogens is 442 g/mol. The summed E-state index contributed by atoms with van der Waals surface area (Å²) in [6.45, 7) is 0.986. The molecule has 1 aliphatic heterocycles. The first-order valence-corrected chi connectivity index (χ1v) is 11.8. The molecular formula is C24H24ClN5OS. The zero-order chi connectivity index (χ0) is 22.3. The van der Waals surface area contributed by atoms with Crippen molar-refractivity contribution >= 4 is 52.9 Å². The summed E-state index contributed by atoms with van der Waals surface area (Å²) >= 11 is 8.31. The van der Waals surface area contributed by atoms with Crippen LogP contribution in [-0.2, 0) is 0 Å². The number of aromatic amines is 1. The van der Waals surface area contributed by atoms with E-state index in [0.717, 1.165) is 42.0 Å². The highest BCUT2D eigenvalue weighted by Gasteiger charge is 2.16. The van der Waals surface area contributed by atoms with E-state index < -0.39 is 0 Å². The highest BCUT2D eigenvalue weighted by atomic mass is 35.5. The number of benzene rings is 2. The van der Waals surface area contributed by atoms with E-state index in [9.17, 15) is 4.79 Å². The number of rotatable bonds is 6. The molecule has 2 aromatic carbocycles. The van der Waals surface area contributed by atoms with Crippen molar-refractivity contribution in [2.45, 2.75) is 19.3 Å². The van der Waals surface area contributed by atoms with Crippen LogP contribution in [0.5, 0.6) is 0 Å². The van der Waals surface area contributed by atoms with Crippen molar-refractivity contribution in [3.8, 4) is 0 Å². The fraction of sp³-hybridized carbons (Fsp3) is 0.208. The molecule has 0 bridgehead atoms. The molecule has 1 aliphatic rings. The van der Waals surface area contributed by atoms with Crippen molar-refractivity contribution in [2.24, 2.45) is 4.99 Å². The molecule has 0 unspecified atom stereocenters. The fourth-order valence-corrected chi connectivity index (χ4v) is 4.94. The Balaban J connectivity index is 1.52. The van der Waals surface area contributed by atoms with Crippen LogP contribution in [0.1, 0.15) is 40.9 Å². The predicted molar refractivity (Wildman–Crippen MR) is 135 cm³/mol. The van der Waals surface area contributed by atoms with Crippen LogP contribution in [0.25, 0.3) is 0 Å². The summed E-state index contributed by atoms with van der Waals surface area (Å²) in [7, 11) is 0. The topological polar surface area (TPSA) is 84.3 Å². The summed E-state index contributed by atoms with van der Waals surface area (Å²) in [5, 5.41) is 10.7. The minimum absolute atomic E-state index is 0.271. The van der Waals surface area contributed by atoms with Crippen LogP contribution in [0.3, 0.4) is 0 Å². The number of anilines is 2. The molecule has 6 nitrogen and oxygen atoms in total. The lowest BCUT2D eigenvalue weighted by molar-refractivity contribution is 0.102. The zero-order valence-electron chi connectivity index (χ0n) is 17.5. The molecule has 164 valence electrons. The third kappa shape index (κ3) is 5.23. The summed E-state index contributed by atoms with van der Waals surface area (Å²) in [6.07, 6.45) is 6.44. The average molecular weight is 466 g/mol. The van der Waals surface area contributed by atoms with Gasteiger partial charge in [-0.15, -0.1) is 0 Å². The van der Waals surface area contributed by atoms with Crippen LogP contribution in [0.15, 0.2) is 65.8 Å². The van der Waals surface area contributed by atoms with Crippen molar-refractivity contribution < 1.29 is 4.79 Å². The van der Waals surface area contributed by atoms with Crippen molar-refractivity contribution in [1.82, 2.24) is 4.98 Å². The second kappa shape index (κ2) is 10.5. The van der Waals surface area contributed by atoms with Gasteiger partial charge in [0.15, 0.2) is 0 Å². The second-order valence-electron chi connectivity index (χ2n) is 7.39. The van der Waals surface area contributed by atoms with Gasteiger partial charge >= 0.3 is 0 Å². The largest absolute Gasteiger partial charge is 0.360 e. The highest BCUT2D eigenvalue weighted by Crippen LogP contribution is 2.31. The second-order valence-corrected chi connectivity index (χ2v) is 8.90. The van der Waals surface area contributed by atoms with Gasteiger partial charge in [-0.25, -0.2) is 4.99 Å². The van der Waals surface area contributed by atoms with Gasteiger partial charge < -0.3 is 14.6 Å². The van der Waals surface area contributed by atoms with Crippen LogP contribution in [0.4, 0.5) is 11.4 Å². The first-order chi connectivity index (χ1) is 15.7. The monoisotopic (exact) mass is 465 g/mol. The van der Waals surface area contributed by atoms with E-state index in [0.29, 0.717) is 22.0 Å². The Morgan fingerprint density at radius 2 is 2.06 bits per heavy atom. The number of aliphatic imine (C=N–C) groups is 1. The van der Waals surface area contributed by atoms with Crippen LogP contribution in [0, 0.1) is 5.41 Å². The molecule has 0 spiro atoms. The number of amides is 1. The van der Waals surface area contributed by atoms with E-state index in [1.807, 2.05) is 60.5 Å². The van der Waals surface area contributed by atoms with Gasteiger partial charge in [-0.1, -0.05) is 30.2 Å². The van der Waals surface area contributed by atoms with Crippen molar-refractivity contribution in [2.75, 3.05) is 21.9 Å². The van der Waals surface area contributed by atoms with E-state index in [4.69, 9.17) is 17.0 Å². The van der Waals surface area contributed by atoms with Crippen molar-refractivity contribution in [3.05, 3.63) is 82.6 Å². The fourth-order valence-electron chi connectivity index (χ4n) is 3.60. The summed E-state index contributed by atoms with van der Waals surface area (Å²) < 4.78 is 2.26. The minimum Gasteiger partial charge on any atom is -0.360 e. The third-order valence-corrected chi connectivity index (χ3v) is 6.67. The minimum atomic E-state index is -0.271. The normalized spacial score (nSPS) is 14.7. The molecule has 32 heavy (non-hydrogen) atoms. The van der Waals surface area contributed by atoms with E-state index >= 15 is 0 Å². The number of carbonyl (C=O) groups is 1. The van der Waals surface area contributed by atoms with Gasteiger partial charge in [-0.3, -0.25) is 10.2 Å². The summed E-state index contributed by atoms with van der Waals surface area (Å²) in [6, 6.07) is 16.7. The molecule has 3 N–H and O–H groups in total. The van der Waals surface area contributed by atoms with Gasteiger partial charge in [0.2, 0.25) is 0 Å². The molecule has 3 aromatic rings. The van der Waals surface area contributed by atoms with E-state index in [-0.39, 0.29) is 5.91 Å². The maximum absolute atomic E-state index is 12.9. The van der Waals surface area contributed by atoms with E-state index in [1.165, 1.54) is 12.8 Å². The zero-order valence-corrected chi connectivity index (χ0v) is 19.0. The molecule has 4 rings (SSSR count). The summed E-state index contributed by atoms with van der Waals surface area (Å²) in [5.74, 6) is 0.828. The molecule has 0 aliphatic carbocycles. The Kier molecular flexibility index (Phi) is 7.29. The lowest BCUT2D eigenvalue weighted by Gasteiger charge is -2.21. The SMILES string of the molecule is N=CN=C(c1cccc(NC(=O)c2ccc(N3CCCCCS3)cc2Cl)c1)c1ccc[nH]1. The molecule has 1 aromatic heterocycles. The number of hydrogen-bond acceptors (Lipinski definition) is 4. The molecule has 2 heterocycles. The Hall–Kier alpha value is -3.03. The molecule has 0 saturated carbocycles. The third-order valence-electron chi connectivity index (χ3n) is 5.18. The van der Waals surface area contributed by atoms with E-state index in [1.54, 1.807) is 12.3 Å². The van der Waals surface area contributed by atoms with Crippen molar-refractivity contribution in [1.29, 1.82) is 5.41 Å². The lowest BCUT2D eigenvalue weighted by Crippen LogP contribution is -2.16. The van der Waals surface area contributed by atoms with Gasteiger partial charge in [0.25, 0.3) is 5.91 Å². The van der Waals surface area contributed by atoms with Gasteiger partial charge in [-0.05, 0) is 67.3 Å². The molecule has 1 saturated heterocycles. The van der Waals surface area contributed by atoms with Crippen LogP contribution < -0.4 is 9.62 Å². The number of hydrogen-bond donors (Lipinski definition) is 3. The van der Waals surface area contributed by atoms with Gasteiger partial charge in [-0.2, -0.15) is 0 Å². The molecule has 1 fully saturated rings. The number of aromatic nitrogens is 1. The van der Waals surface area contributed by atoms with Crippen LogP contribution >= 0.6 is 23.5 Å². The molecule has 1 amide bonds. The summed E-state index contributed by atoms with van der Waals surface area (Å²) in [4.78, 5) is 20.2. The van der Waals surface area contributed by atoms with E-state index in [2.05, 4.69) is 19.6 Å². The Labute approximate surface area is 196 Å². The number of halogens is 1. The number of nitrogens with one attached hydrogen (secondary N) is 3. The molecule has 0 atom stereocenters. The lowest BCUT2D eigenvalue weighted by atomic mass is 10.1. The summed E-state index contributed by atoms with van der Waals surface area (Å²) in [5.41, 5.74) is 4.28. The van der Waals surface area contributed by atoms with Gasteiger partial charge in [0, 0.05) is 35.4 Å².